The molecule has 0 aliphatic rings. The molecule has 32 heavy (non-hydrogen) atoms. The quantitative estimate of drug-likeness (QED) is 0.347. The Hall–Kier alpha value is -3.46. The normalized spacial score (nSPS) is 11.9. The number of benzene rings is 1. The van der Waals surface area contributed by atoms with Crippen molar-refractivity contribution in [3.05, 3.63) is 64.6 Å². The third-order valence-corrected chi connectivity index (χ3v) is 5.00. The van der Waals surface area contributed by atoms with Gasteiger partial charge in [0.15, 0.2) is 13.2 Å². The maximum absolute atomic E-state index is 12.7. The van der Waals surface area contributed by atoms with E-state index in [1.807, 2.05) is 31.4 Å². The highest BCUT2D eigenvalue weighted by Gasteiger charge is 2.20. The molecule has 0 fully saturated rings. The van der Waals surface area contributed by atoms with Crippen LogP contribution in [0.4, 0.5) is 0 Å². The molecule has 0 saturated carbocycles. The Bertz CT molecular complexity index is 1080. The second kappa shape index (κ2) is 10.2. The molecule has 0 radical (unpaired) electrons. The maximum Gasteiger partial charge on any atom is 0.338 e. The van der Waals surface area contributed by atoms with Gasteiger partial charge >= 0.3 is 5.97 Å². The average Bonchev–Trinajstić information content (AvgIpc) is 3.32. The molecule has 0 bridgehead atoms. The Balaban J connectivity index is 1.56. The van der Waals surface area contributed by atoms with E-state index in [9.17, 15) is 9.59 Å². The molecule has 0 amide bonds. The predicted molar refractivity (Wildman–Crippen MR) is 115 cm³/mol. The molecule has 0 saturated heterocycles. The summed E-state index contributed by atoms with van der Waals surface area (Å²) in [5.74, 6) is 0.596. The largest absolute Gasteiger partial charge is 0.485 e. The highest BCUT2D eigenvalue weighted by molar-refractivity contribution is 6.00. The van der Waals surface area contributed by atoms with E-state index in [2.05, 4.69) is 10.1 Å². The van der Waals surface area contributed by atoms with Gasteiger partial charge in [0.1, 0.15) is 5.75 Å². The number of esters is 1. The smallest absolute Gasteiger partial charge is 0.338 e. The molecule has 3 aromatic rings. The molecule has 3 rings (SSSR count). The molecule has 1 unspecified atom stereocenters. The molecule has 1 atom stereocenters. The van der Waals surface area contributed by atoms with E-state index in [1.54, 1.807) is 38.3 Å². The van der Waals surface area contributed by atoms with E-state index in [-0.39, 0.29) is 25.0 Å². The van der Waals surface area contributed by atoms with Crippen LogP contribution in [-0.4, -0.2) is 46.8 Å². The van der Waals surface area contributed by atoms with Crippen LogP contribution in [0.15, 0.2) is 34.9 Å². The van der Waals surface area contributed by atoms with Gasteiger partial charge in [-0.3, -0.25) is 4.79 Å². The summed E-state index contributed by atoms with van der Waals surface area (Å²) in [4.78, 5) is 29.1. The van der Waals surface area contributed by atoms with Gasteiger partial charge in [0.25, 0.3) is 0 Å². The molecule has 0 N–H and O–H groups in total. The van der Waals surface area contributed by atoms with Crippen molar-refractivity contribution in [3.8, 4) is 5.75 Å². The van der Waals surface area contributed by atoms with E-state index >= 15 is 0 Å². The van der Waals surface area contributed by atoms with Crippen LogP contribution in [0, 0.1) is 20.8 Å². The van der Waals surface area contributed by atoms with Crippen LogP contribution in [0.5, 0.6) is 5.75 Å². The number of hydrogen-bond acceptors (Lipinski definition) is 8. The number of ketones is 1. The van der Waals surface area contributed by atoms with Crippen molar-refractivity contribution in [2.45, 2.75) is 40.3 Å². The van der Waals surface area contributed by atoms with Gasteiger partial charge in [-0.05, 0) is 51.1 Å². The van der Waals surface area contributed by atoms with Crippen molar-refractivity contribution >= 4 is 11.8 Å². The van der Waals surface area contributed by atoms with Gasteiger partial charge in [0.05, 0.1) is 18.2 Å². The fourth-order valence-electron chi connectivity index (χ4n) is 3.58. The summed E-state index contributed by atoms with van der Waals surface area (Å²) in [6.45, 7) is 7.88. The molecule has 9 heteroatoms. The van der Waals surface area contributed by atoms with E-state index < -0.39 is 5.97 Å². The standard InChI is InChI=1S/C23H27N3O6/c1-14-10-20(16(3)26(14)15(2)11-29-5)21(27)12-31-23(28)18-6-8-19(9-7-18)30-13-22-24-17(4)32-25-22/h6-10,15H,11-13H2,1-5H3. The summed E-state index contributed by atoms with van der Waals surface area (Å²) in [7, 11) is 1.64. The summed E-state index contributed by atoms with van der Waals surface area (Å²) >= 11 is 0. The number of carbonyl (C=O) groups excluding carboxylic acids is 2. The number of rotatable bonds is 10. The third-order valence-electron chi connectivity index (χ3n) is 5.00. The zero-order chi connectivity index (χ0) is 23.3. The number of aryl methyl sites for hydroxylation is 2. The van der Waals surface area contributed by atoms with Crippen molar-refractivity contribution in [1.29, 1.82) is 0 Å². The monoisotopic (exact) mass is 441 g/mol. The zero-order valence-electron chi connectivity index (χ0n) is 18.9. The molecular formula is C23H27N3O6. The van der Waals surface area contributed by atoms with Gasteiger partial charge in [-0.15, -0.1) is 0 Å². The van der Waals surface area contributed by atoms with E-state index in [0.29, 0.717) is 35.2 Å². The minimum atomic E-state index is -0.583. The van der Waals surface area contributed by atoms with E-state index in [4.69, 9.17) is 18.7 Å². The van der Waals surface area contributed by atoms with E-state index in [0.717, 1.165) is 11.4 Å². The minimum Gasteiger partial charge on any atom is -0.485 e. The molecule has 170 valence electrons. The van der Waals surface area contributed by atoms with Crippen LogP contribution in [-0.2, 0) is 16.1 Å². The zero-order valence-corrected chi connectivity index (χ0v) is 18.9. The number of carbonyl (C=O) groups is 2. The summed E-state index contributed by atoms with van der Waals surface area (Å²) in [6, 6.07) is 8.32. The lowest BCUT2D eigenvalue weighted by atomic mass is 10.1. The molecule has 2 aromatic heterocycles. The fraction of sp³-hybridized carbons (Fsp3) is 0.391. The van der Waals surface area contributed by atoms with Gasteiger partial charge in [0.2, 0.25) is 17.5 Å². The molecular weight excluding hydrogens is 414 g/mol. The molecule has 9 nitrogen and oxygen atoms in total. The number of methoxy groups -OCH3 is 1. The molecule has 0 spiro atoms. The molecule has 0 aliphatic heterocycles. The Kier molecular flexibility index (Phi) is 7.42. The second-order valence-electron chi connectivity index (χ2n) is 7.50. The van der Waals surface area contributed by atoms with Crippen molar-refractivity contribution < 1.29 is 28.3 Å². The number of hydrogen-bond donors (Lipinski definition) is 0. The predicted octanol–water partition coefficient (Wildman–Crippen LogP) is 3.62. The summed E-state index contributed by atoms with van der Waals surface area (Å²) in [5, 5.41) is 3.75. The van der Waals surface area contributed by atoms with Crippen LogP contribution in [0.25, 0.3) is 0 Å². The van der Waals surface area contributed by atoms with Crippen LogP contribution in [0.2, 0.25) is 0 Å². The number of Topliss-reactive ketones (excluding diaryl/α,β-unsaturated/α-hetero) is 1. The lowest BCUT2D eigenvalue weighted by Gasteiger charge is -2.17. The Morgan fingerprint density at radius 1 is 1.16 bits per heavy atom. The second-order valence-corrected chi connectivity index (χ2v) is 7.50. The average molecular weight is 441 g/mol. The summed E-state index contributed by atoms with van der Waals surface area (Å²) in [5.41, 5.74) is 2.64. The summed E-state index contributed by atoms with van der Waals surface area (Å²) < 4.78 is 22.9. The lowest BCUT2D eigenvalue weighted by molar-refractivity contribution is 0.0474. The Morgan fingerprint density at radius 2 is 1.88 bits per heavy atom. The number of nitrogens with zero attached hydrogens (tertiary/aromatic N) is 3. The first-order chi connectivity index (χ1) is 15.3. The number of ether oxygens (including phenoxy) is 3. The van der Waals surface area contributed by atoms with Gasteiger partial charge in [-0.25, -0.2) is 4.79 Å². The Labute approximate surface area is 186 Å². The molecule has 1 aromatic carbocycles. The first-order valence-corrected chi connectivity index (χ1v) is 10.2. The van der Waals surface area contributed by atoms with Gasteiger partial charge in [-0.2, -0.15) is 4.98 Å². The highest BCUT2D eigenvalue weighted by atomic mass is 16.5. The van der Waals surface area contributed by atoms with Crippen molar-refractivity contribution in [2.75, 3.05) is 20.3 Å². The van der Waals surface area contributed by atoms with Crippen molar-refractivity contribution in [1.82, 2.24) is 14.7 Å². The molecule has 2 heterocycles. The lowest BCUT2D eigenvalue weighted by Crippen LogP contribution is -2.17. The van der Waals surface area contributed by atoms with E-state index in [1.165, 1.54) is 0 Å². The topological polar surface area (TPSA) is 106 Å². The van der Waals surface area contributed by atoms with Crippen LogP contribution in [0.3, 0.4) is 0 Å². The van der Waals surface area contributed by atoms with Crippen LogP contribution in [0.1, 0.15) is 56.8 Å². The minimum absolute atomic E-state index is 0.0916. The van der Waals surface area contributed by atoms with Crippen LogP contribution < -0.4 is 4.74 Å². The van der Waals surface area contributed by atoms with Gasteiger partial charge in [0, 0.05) is 31.0 Å². The number of aromatic nitrogens is 3. The fourth-order valence-corrected chi connectivity index (χ4v) is 3.58. The molecule has 0 aliphatic carbocycles. The van der Waals surface area contributed by atoms with Crippen molar-refractivity contribution in [2.24, 2.45) is 0 Å². The SMILES string of the molecule is COCC(C)n1c(C)cc(C(=O)COC(=O)c2ccc(OCc3noc(C)n3)cc2)c1C. The van der Waals surface area contributed by atoms with Gasteiger partial charge in [-0.1, -0.05) is 5.16 Å². The maximum atomic E-state index is 12.7. The third kappa shape index (κ3) is 5.42. The van der Waals surface area contributed by atoms with Crippen LogP contribution >= 0.6 is 0 Å². The first kappa shape index (κ1) is 23.2. The first-order valence-electron chi connectivity index (χ1n) is 10.2. The van der Waals surface area contributed by atoms with Gasteiger partial charge < -0.3 is 23.3 Å². The van der Waals surface area contributed by atoms with Crippen molar-refractivity contribution in [3.63, 3.8) is 0 Å². The summed E-state index contributed by atoms with van der Waals surface area (Å²) in [6.07, 6.45) is 0. The Morgan fingerprint density at radius 3 is 2.50 bits per heavy atom. The highest BCUT2D eigenvalue weighted by Crippen LogP contribution is 2.21.